The van der Waals surface area contributed by atoms with Crippen molar-refractivity contribution in [3.63, 3.8) is 0 Å². The van der Waals surface area contributed by atoms with Gasteiger partial charge in [0.1, 0.15) is 0 Å². The minimum absolute atomic E-state index is 0.189. The molecule has 1 atom stereocenters. The summed E-state index contributed by atoms with van der Waals surface area (Å²) in [6.07, 6.45) is 0. The van der Waals surface area contributed by atoms with E-state index in [0.29, 0.717) is 0 Å². The zero-order chi connectivity index (χ0) is 10.1. The van der Waals surface area contributed by atoms with E-state index in [-0.39, 0.29) is 12.5 Å². The lowest BCUT2D eigenvalue weighted by Gasteiger charge is -2.06. The Bertz CT molecular complexity index is 449. The summed E-state index contributed by atoms with van der Waals surface area (Å²) in [6.45, 7) is 4.22. The molecular weight excluding hydrogens is 194 g/mol. The van der Waals surface area contributed by atoms with Crippen molar-refractivity contribution in [3.05, 3.63) is 28.8 Å². The predicted molar refractivity (Wildman–Crippen MR) is 59.9 cm³/mol. The Morgan fingerprint density at radius 3 is 3.00 bits per heavy atom. The van der Waals surface area contributed by atoms with Crippen LogP contribution in [0, 0.1) is 6.92 Å². The number of hydrogen-bond donors (Lipinski definition) is 1. The number of hydrogen-bond acceptors (Lipinski definition) is 3. The highest BCUT2D eigenvalue weighted by Crippen LogP contribution is 2.25. The fourth-order valence-corrected chi connectivity index (χ4v) is 2.28. The molecule has 0 bridgehead atoms. The van der Waals surface area contributed by atoms with Gasteiger partial charge in [0.05, 0.1) is 15.2 Å². The third-order valence-corrected chi connectivity index (χ3v) is 3.31. The standard InChI is InChI=1S/C11H13NOS/c1-7(6-13)9-3-4-11-10(5-9)12-8(2)14-11/h3-5,7,13H,6H2,1-2H3. The van der Waals surface area contributed by atoms with E-state index in [4.69, 9.17) is 5.11 Å². The number of thiazole rings is 1. The van der Waals surface area contributed by atoms with E-state index in [9.17, 15) is 0 Å². The predicted octanol–water partition coefficient (Wildman–Crippen LogP) is 2.70. The van der Waals surface area contributed by atoms with Gasteiger partial charge >= 0.3 is 0 Å². The highest BCUT2D eigenvalue weighted by atomic mass is 32.1. The lowest BCUT2D eigenvalue weighted by Crippen LogP contribution is -1.97. The molecule has 1 aromatic heterocycles. The van der Waals surface area contributed by atoms with Crippen LogP contribution in [0.3, 0.4) is 0 Å². The van der Waals surface area contributed by atoms with Gasteiger partial charge in [0, 0.05) is 12.5 Å². The van der Waals surface area contributed by atoms with Gasteiger partial charge in [-0.3, -0.25) is 0 Å². The van der Waals surface area contributed by atoms with E-state index in [0.717, 1.165) is 16.1 Å². The average Bonchev–Trinajstić information content (AvgIpc) is 2.55. The molecule has 74 valence electrons. The van der Waals surface area contributed by atoms with Gasteiger partial charge in [0.2, 0.25) is 0 Å². The number of aliphatic hydroxyl groups excluding tert-OH is 1. The van der Waals surface area contributed by atoms with Gasteiger partial charge in [-0.25, -0.2) is 4.98 Å². The van der Waals surface area contributed by atoms with Gasteiger partial charge in [0.15, 0.2) is 0 Å². The summed E-state index contributed by atoms with van der Waals surface area (Å²) < 4.78 is 1.22. The van der Waals surface area contributed by atoms with Crippen LogP contribution in [0.2, 0.25) is 0 Å². The SMILES string of the molecule is Cc1nc2cc(C(C)CO)ccc2s1. The first-order valence-corrected chi connectivity index (χ1v) is 5.50. The number of aliphatic hydroxyl groups is 1. The lowest BCUT2D eigenvalue weighted by atomic mass is 10.0. The fourth-order valence-electron chi connectivity index (χ4n) is 1.47. The summed E-state index contributed by atoms with van der Waals surface area (Å²) in [6, 6.07) is 6.22. The van der Waals surface area contributed by atoms with Crippen LogP contribution in [0.15, 0.2) is 18.2 Å². The maximum Gasteiger partial charge on any atom is 0.0907 e. The van der Waals surface area contributed by atoms with E-state index >= 15 is 0 Å². The van der Waals surface area contributed by atoms with E-state index in [1.807, 2.05) is 13.8 Å². The van der Waals surface area contributed by atoms with Crippen LogP contribution in [-0.4, -0.2) is 16.7 Å². The Labute approximate surface area is 87.2 Å². The Morgan fingerprint density at radius 1 is 1.50 bits per heavy atom. The van der Waals surface area contributed by atoms with Crippen molar-refractivity contribution >= 4 is 21.6 Å². The van der Waals surface area contributed by atoms with Gasteiger partial charge in [-0.1, -0.05) is 13.0 Å². The molecule has 0 aliphatic rings. The number of fused-ring (bicyclic) bond motifs is 1. The van der Waals surface area contributed by atoms with Crippen LogP contribution in [0.5, 0.6) is 0 Å². The van der Waals surface area contributed by atoms with E-state index in [2.05, 4.69) is 23.2 Å². The normalized spacial score (nSPS) is 13.4. The topological polar surface area (TPSA) is 33.1 Å². The molecule has 3 heteroatoms. The molecule has 0 radical (unpaired) electrons. The van der Waals surface area contributed by atoms with Crippen LogP contribution < -0.4 is 0 Å². The molecule has 14 heavy (non-hydrogen) atoms. The number of benzene rings is 1. The first-order chi connectivity index (χ1) is 6.70. The molecule has 0 fully saturated rings. The maximum absolute atomic E-state index is 9.05. The van der Waals surface area contributed by atoms with Crippen LogP contribution in [0.4, 0.5) is 0 Å². The number of rotatable bonds is 2. The second-order valence-corrected chi connectivity index (χ2v) is 4.78. The molecule has 0 saturated carbocycles. The molecule has 2 aromatic rings. The van der Waals surface area contributed by atoms with Gasteiger partial charge in [-0.15, -0.1) is 11.3 Å². The largest absolute Gasteiger partial charge is 0.396 e. The zero-order valence-corrected chi connectivity index (χ0v) is 9.14. The van der Waals surface area contributed by atoms with Gasteiger partial charge in [0.25, 0.3) is 0 Å². The molecule has 1 unspecified atom stereocenters. The second kappa shape index (κ2) is 3.67. The number of aryl methyl sites for hydroxylation is 1. The quantitative estimate of drug-likeness (QED) is 0.821. The second-order valence-electron chi connectivity index (χ2n) is 3.54. The fraction of sp³-hybridized carbons (Fsp3) is 0.364. The molecule has 2 nitrogen and oxygen atoms in total. The van der Waals surface area contributed by atoms with E-state index in [1.165, 1.54) is 4.70 Å². The van der Waals surface area contributed by atoms with Crippen molar-refractivity contribution < 1.29 is 5.11 Å². The summed E-state index contributed by atoms with van der Waals surface area (Å²) in [7, 11) is 0. The van der Waals surface area contributed by atoms with Gasteiger partial charge in [-0.05, 0) is 24.6 Å². The smallest absolute Gasteiger partial charge is 0.0907 e. The molecule has 2 rings (SSSR count). The Kier molecular flexibility index (Phi) is 2.52. The first kappa shape index (κ1) is 9.62. The maximum atomic E-state index is 9.05. The van der Waals surface area contributed by atoms with Crippen LogP contribution in [0.1, 0.15) is 23.4 Å². The minimum Gasteiger partial charge on any atom is -0.396 e. The van der Waals surface area contributed by atoms with E-state index < -0.39 is 0 Å². The average molecular weight is 207 g/mol. The molecule has 0 spiro atoms. The van der Waals surface area contributed by atoms with Crippen molar-refractivity contribution in [2.24, 2.45) is 0 Å². The summed E-state index contributed by atoms with van der Waals surface area (Å²) in [5.74, 6) is 0.196. The minimum atomic E-state index is 0.189. The summed E-state index contributed by atoms with van der Waals surface area (Å²) in [5.41, 5.74) is 2.20. The summed E-state index contributed by atoms with van der Waals surface area (Å²) >= 11 is 1.71. The van der Waals surface area contributed by atoms with Crippen molar-refractivity contribution in [1.82, 2.24) is 4.98 Å². The first-order valence-electron chi connectivity index (χ1n) is 4.68. The van der Waals surface area contributed by atoms with Crippen LogP contribution >= 0.6 is 11.3 Å². The molecular formula is C11H13NOS. The Balaban J connectivity index is 2.50. The molecule has 1 heterocycles. The van der Waals surface area contributed by atoms with Crippen LogP contribution in [0.25, 0.3) is 10.2 Å². The van der Waals surface area contributed by atoms with Crippen molar-refractivity contribution in [2.75, 3.05) is 6.61 Å². The third kappa shape index (κ3) is 1.65. The molecule has 0 amide bonds. The third-order valence-electron chi connectivity index (χ3n) is 2.36. The van der Waals surface area contributed by atoms with Crippen LogP contribution in [-0.2, 0) is 0 Å². The monoisotopic (exact) mass is 207 g/mol. The molecule has 0 aliphatic heterocycles. The van der Waals surface area contributed by atoms with Crippen molar-refractivity contribution in [2.45, 2.75) is 19.8 Å². The van der Waals surface area contributed by atoms with Gasteiger partial charge in [-0.2, -0.15) is 0 Å². The van der Waals surface area contributed by atoms with Gasteiger partial charge < -0.3 is 5.11 Å². The van der Waals surface area contributed by atoms with Crippen molar-refractivity contribution in [3.8, 4) is 0 Å². The molecule has 0 aliphatic carbocycles. The molecule has 1 aromatic carbocycles. The summed E-state index contributed by atoms with van der Waals surface area (Å²) in [5, 5.41) is 10.1. The zero-order valence-electron chi connectivity index (χ0n) is 8.32. The summed E-state index contributed by atoms with van der Waals surface area (Å²) in [4.78, 5) is 4.43. The highest BCUT2D eigenvalue weighted by molar-refractivity contribution is 7.18. The van der Waals surface area contributed by atoms with Crippen molar-refractivity contribution in [1.29, 1.82) is 0 Å². The highest BCUT2D eigenvalue weighted by Gasteiger charge is 2.06. The van der Waals surface area contributed by atoms with E-state index in [1.54, 1.807) is 11.3 Å². The number of nitrogens with zero attached hydrogens (tertiary/aromatic N) is 1. The molecule has 1 N–H and O–H groups in total. The Morgan fingerprint density at radius 2 is 2.29 bits per heavy atom. The Hall–Kier alpha value is -0.930. The lowest BCUT2D eigenvalue weighted by molar-refractivity contribution is 0.273. The molecule has 0 saturated heterocycles. The number of aromatic nitrogens is 1.